The molecule has 3 N–H and O–H groups in total. The summed E-state index contributed by atoms with van der Waals surface area (Å²) in [5.74, 6) is -0.336. The zero-order valence-corrected chi connectivity index (χ0v) is 28.3. The zero-order valence-electron chi connectivity index (χ0n) is 27.5. The summed E-state index contributed by atoms with van der Waals surface area (Å²) in [5.41, 5.74) is 1.24. The maximum Gasteiger partial charge on any atom is 0.323 e. The van der Waals surface area contributed by atoms with Crippen molar-refractivity contribution in [2.45, 2.75) is 63.2 Å². The van der Waals surface area contributed by atoms with Gasteiger partial charge < -0.3 is 30.1 Å². The topological polar surface area (TPSA) is 138 Å². The van der Waals surface area contributed by atoms with Gasteiger partial charge in [0.1, 0.15) is 5.75 Å². The summed E-state index contributed by atoms with van der Waals surface area (Å²) in [6.45, 7) is 5.96. The molecular formula is C35H46N4O7S. The number of likely N-dealkylation sites (N-methyl/N-ethyl adjacent to an activating group) is 1. The first-order valence-electron chi connectivity index (χ1n) is 16.0. The third-order valence-electron chi connectivity index (χ3n) is 8.23. The molecule has 0 aliphatic carbocycles. The molecule has 0 unspecified atom stereocenters. The van der Waals surface area contributed by atoms with Crippen LogP contribution in [0.1, 0.15) is 50.4 Å². The zero-order chi connectivity index (χ0) is 34.0. The van der Waals surface area contributed by atoms with Crippen LogP contribution in [0.4, 0.5) is 16.2 Å². The van der Waals surface area contributed by atoms with Gasteiger partial charge in [0.25, 0.3) is 5.91 Å². The van der Waals surface area contributed by atoms with Gasteiger partial charge in [-0.3, -0.25) is 4.79 Å². The third kappa shape index (κ3) is 9.77. The predicted molar refractivity (Wildman–Crippen MR) is 182 cm³/mol. The van der Waals surface area contributed by atoms with E-state index in [0.29, 0.717) is 30.2 Å². The Balaban J connectivity index is 1.63. The maximum absolute atomic E-state index is 14.3. The number of aliphatic hydroxyl groups is 1. The van der Waals surface area contributed by atoms with E-state index in [1.165, 1.54) is 11.4 Å². The standard InChI is InChI=1S/C35H46N4O7S/c1-25-22-39(26(2)24-40)34(41)31-21-29(37-35(42)36-28-14-7-5-8-15-28)18-19-32(31)46-27(3)13-11-12-20-45-33(25)23-38(4)47(43,44)30-16-9-6-10-17-30/h5-10,14-19,21,25-27,33,40H,11-13,20,22-24H2,1-4H3,(H2,36,37,42)/t25-,26+,27-,33-/m1/s1. The fraction of sp³-hybridized carbons (Fsp3) is 0.429. The lowest BCUT2D eigenvalue weighted by Gasteiger charge is -2.35. The number of carbonyl (C=O) groups is 2. The van der Waals surface area contributed by atoms with Gasteiger partial charge in [0.2, 0.25) is 10.0 Å². The van der Waals surface area contributed by atoms with Crippen molar-refractivity contribution in [1.82, 2.24) is 9.21 Å². The average molecular weight is 667 g/mol. The SMILES string of the molecule is C[C@@H]1CCCCO[C@H](CN(C)S(=O)(=O)c2ccccc2)[C@H](C)CN([C@@H](C)CO)C(=O)c2cc(NC(=O)Nc3ccccc3)ccc2O1. The molecule has 1 heterocycles. The highest BCUT2D eigenvalue weighted by Crippen LogP contribution is 2.29. The minimum Gasteiger partial charge on any atom is -0.490 e. The quantitative estimate of drug-likeness (QED) is 0.291. The summed E-state index contributed by atoms with van der Waals surface area (Å²) < 4.78 is 40.6. The van der Waals surface area contributed by atoms with Crippen LogP contribution in [0.25, 0.3) is 0 Å². The number of anilines is 2. The van der Waals surface area contributed by atoms with E-state index >= 15 is 0 Å². The molecule has 1 aliphatic heterocycles. The number of ether oxygens (including phenoxy) is 2. The lowest BCUT2D eigenvalue weighted by Crippen LogP contribution is -2.48. The van der Waals surface area contributed by atoms with E-state index in [9.17, 15) is 23.1 Å². The van der Waals surface area contributed by atoms with Crippen molar-refractivity contribution in [3.8, 4) is 5.75 Å². The number of nitrogens with one attached hydrogen (secondary N) is 2. The second kappa shape index (κ2) is 16.7. The van der Waals surface area contributed by atoms with Crippen molar-refractivity contribution in [1.29, 1.82) is 0 Å². The van der Waals surface area contributed by atoms with E-state index in [1.54, 1.807) is 72.5 Å². The monoisotopic (exact) mass is 666 g/mol. The number of urea groups is 1. The number of hydrogen-bond acceptors (Lipinski definition) is 7. The third-order valence-corrected chi connectivity index (χ3v) is 10.1. The molecule has 0 saturated carbocycles. The van der Waals surface area contributed by atoms with Crippen molar-refractivity contribution in [2.24, 2.45) is 5.92 Å². The maximum atomic E-state index is 14.3. The highest BCUT2D eigenvalue weighted by molar-refractivity contribution is 7.89. The van der Waals surface area contributed by atoms with Gasteiger partial charge in [-0.05, 0) is 75.6 Å². The molecule has 254 valence electrons. The lowest BCUT2D eigenvalue weighted by molar-refractivity contribution is -0.00833. The number of carbonyl (C=O) groups excluding carboxylic acids is 2. The van der Waals surface area contributed by atoms with Crippen LogP contribution in [-0.2, 0) is 14.8 Å². The van der Waals surface area contributed by atoms with Gasteiger partial charge in [-0.1, -0.05) is 43.3 Å². The van der Waals surface area contributed by atoms with Gasteiger partial charge in [-0.2, -0.15) is 4.31 Å². The molecule has 0 spiro atoms. The van der Waals surface area contributed by atoms with Crippen LogP contribution in [-0.4, -0.2) is 86.3 Å². The van der Waals surface area contributed by atoms with Gasteiger partial charge in [0, 0.05) is 44.0 Å². The number of aliphatic hydroxyl groups excluding tert-OH is 1. The Morgan fingerprint density at radius 2 is 1.66 bits per heavy atom. The van der Waals surface area contributed by atoms with Crippen molar-refractivity contribution in [3.63, 3.8) is 0 Å². The van der Waals surface area contributed by atoms with E-state index in [0.717, 1.165) is 12.8 Å². The van der Waals surface area contributed by atoms with Crippen molar-refractivity contribution in [2.75, 3.05) is 44.0 Å². The molecule has 0 saturated heterocycles. The summed E-state index contributed by atoms with van der Waals surface area (Å²) in [6.07, 6.45) is 1.50. The van der Waals surface area contributed by atoms with E-state index in [4.69, 9.17) is 9.47 Å². The Hall–Kier alpha value is -3.97. The first kappa shape index (κ1) is 35.9. The van der Waals surface area contributed by atoms with Gasteiger partial charge >= 0.3 is 6.03 Å². The Morgan fingerprint density at radius 1 is 1.00 bits per heavy atom. The summed E-state index contributed by atoms with van der Waals surface area (Å²) in [4.78, 5) is 28.8. The molecule has 0 bridgehead atoms. The largest absolute Gasteiger partial charge is 0.490 e. The minimum absolute atomic E-state index is 0.0780. The summed E-state index contributed by atoms with van der Waals surface area (Å²) >= 11 is 0. The number of hydrogen-bond donors (Lipinski definition) is 3. The molecule has 4 atom stereocenters. The molecule has 3 aromatic rings. The lowest BCUT2D eigenvalue weighted by atomic mass is 10.0. The fourth-order valence-electron chi connectivity index (χ4n) is 5.40. The molecule has 47 heavy (non-hydrogen) atoms. The molecule has 1 aliphatic rings. The van der Waals surface area contributed by atoms with Crippen LogP contribution >= 0.6 is 0 Å². The van der Waals surface area contributed by atoms with Crippen molar-refractivity contribution >= 4 is 33.3 Å². The summed E-state index contributed by atoms with van der Waals surface area (Å²) in [6, 6.07) is 21.1. The first-order chi connectivity index (χ1) is 22.5. The Kier molecular flexibility index (Phi) is 12.8. The van der Waals surface area contributed by atoms with Crippen LogP contribution in [0, 0.1) is 5.92 Å². The number of amides is 3. The Labute approximate surface area is 277 Å². The number of sulfonamides is 1. The number of rotatable bonds is 8. The fourth-order valence-corrected chi connectivity index (χ4v) is 6.61. The average Bonchev–Trinajstić information content (AvgIpc) is 3.06. The summed E-state index contributed by atoms with van der Waals surface area (Å²) in [5, 5.41) is 15.8. The second-order valence-corrected chi connectivity index (χ2v) is 14.1. The molecule has 3 amide bonds. The highest BCUT2D eigenvalue weighted by atomic mass is 32.2. The molecule has 12 heteroatoms. The van der Waals surface area contributed by atoms with Gasteiger partial charge in [-0.15, -0.1) is 0 Å². The molecule has 3 aromatic carbocycles. The van der Waals surface area contributed by atoms with Crippen LogP contribution in [0.15, 0.2) is 83.8 Å². The Morgan fingerprint density at radius 3 is 2.34 bits per heavy atom. The van der Waals surface area contributed by atoms with Gasteiger partial charge in [0.05, 0.1) is 35.3 Å². The molecule has 0 fully saturated rings. The minimum atomic E-state index is -3.77. The van der Waals surface area contributed by atoms with E-state index in [-0.39, 0.29) is 42.2 Å². The smallest absolute Gasteiger partial charge is 0.323 e. The normalized spacial score (nSPS) is 20.4. The Bertz CT molecular complexity index is 1570. The molecule has 4 rings (SSSR count). The van der Waals surface area contributed by atoms with Crippen LogP contribution < -0.4 is 15.4 Å². The van der Waals surface area contributed by atoms with E-state index < -0.39 is 34.1 Å². The van der Waals surface area contributed by atoms with Crippen LogP contribution in [0.5, 0.6) is 5.75 Å². The van der Waals surface area contributed by atoms with Gasteiger partial charge in [0.15, 0.2) is 0 Å². The van der Waals surface area contributed by atoms with Gasteiger partial charge in [-0.25, -0.2) is 13.2 Å². The van der Waals surface area contributed by atoms with Crippen LogP contribution in [0.2, 0.25) is 0 Å². The first-order valence-corrected chi connectivity index (χ1v) is 17.4. The highest BCUT2D eigenvalue weighted by Gasteiger charge is 2.32. The number of para-hydroxylation sites is 1. The molecular weight excluding hydrogens is 620 g/mol. The number of fused-ring (bicyclic) bond motifs is 1. The predicted octanol–water partition coefficient (Wildman–Crippen LogP) is 5.45. The van der Waals surface area contributed by atoms with E-state index in [2.05, 4.69) is 10.6 Å². The van der Waals surface area contributed by atoms with E-state index in [1.807, 2.05) is 32.0 Å². The van der Waals surface area contributed by atoms with Crippen LogP contribution in [0.3, 0.4) is 0 Å². The summed E-state index contributed by atoms with van der Waals surface area (Å²) in [7, 11) is -2.25. The number of nitrogens with zero attached hydrogens (tertiary/aromatic N) is 2. The number of benzene rings is 3. The van der Waals surface area contributed by atoms with Crippen molar-refractivity contribution in [3.05, 3.63) is 84.4 Å². The van der Waals surface area contributed by atoms with Crippen molar-refractivity contribution < 1.29 is 32.6 Å². The molecule has 0 aromatic heterocycles. The molecule has 11 nitrogen and oxygen atoms in total. The second-order valence-electron chi connectivity index (χ2n) is 12.1. The molecule has 0 radical (unpaired) electrons.